The molecule has 0 bridgehead atoms. The Balaban J connectivity index is 1.89. The first-order chi connectivity index (χ1) is 9.49. The minimum absolute atomic E-state index is 0.170. The first-order valence-electron chi connectivity index (χ1n) is 6.84. The summed E-state index contributed by atoms with van der Waals surface area (Å²) in [6.45, 7) is 3.52. The molecule has 1 saturated carbocycles. The van der Waals surface area contributed by atoms with Crippen molar-refractivity contribution in [2.24, 2.45) is 0 Å². The van der Waals surface area contributed by atoms with Gasteiger partial charge in [-0.2, -0.15) is 0 Å². The normalized spacial score (nSPS) is 16.4. The van der Waals surface area contributed by atoms with Crippen molar-refractivity contribution in [1.82, 2.24) is 10.2 Å². The van der Waals surface area contributed by atoms with Crippen LogP contribution < -0.4 is 5.32 Å². The summed E-state index contributed by atoms with van der Waals surface area (Å²) >= 11 is 3.36. The van der Waals surface area contributed by atoms with Crippen molar-refractivity contribution in [3.8, 4) is 0 Å². The lowest BCUT2D eigenvalue weighted by Crippen LogP contribution is -2.39. The Morgan fingerprint density at radius 3 is 2.85 bits per heavy atom. The van der Waals surface area contributed by atoms with Gasteiger partial charge in [0, 0.05) is 41.3 Å². The van der Waals surface area contributed by atoms with Crippen LogP contribution in [0.1, 0.15) is 25.3 Å². The van der Waals surface area contributed by atoms with Crippen molar-refractivity contribution in [2.45, 2.75) is 38.4 Å². The van der Waals surface area contributed by atoms with Crippen LogP contribution >= 0.6 is 15.9 Å². The predicted molar refractivity (Wildman–Crippen MR) is 82.8 cm³/mol. The molecule has 0 radical (unpaired) electrons. The summed E-state index contributed by atoms with van der Waals surface area (Å²) in [6.07, 6.45) is 2.58. The first kappa shape index (κ1) is 15.4. The fraction of sp³-hybridized carbons (Fsp3) is 0.571. The van der Waals surface area contributed by atoms with E-state index in [2.05, 4.69) is 40.1 Å². The van der Waals surface area contributed by atoms with Crippen LogP contribution in [0.5, 0.6) is 0 Å². The number of likely N-dealkylation sites (N-methyl/N-ethyl adjacent to an activating group) is 1. The number of hydrogen-bond donors (Lipinski definition) is 1. The van der Waals surface area contributed by atoms with E-state index in [-0.39, 0.29) is 10.6 Å². The van der Waals surface area contributed by atoms with Gasteiger partial charge in [-0.05, 0) is 38.9 Å². The van der Waals surface area contributed by atoms with E-state index in [0.29, 0.717) is 18.2 Å². The number of rotatable bonds is 7. The SMILES string of the molecule is CC(CNCc1cc(Br)ccc1[N+](=O)[O-])N(C)C1CC1. The monoisotopic (exact) mass is 341 g/mol. The highest BCUT2D eigenvalue weighted by atomic mass is 79.9. The maximum atomic E-state index is 11.0. The molecule has 6 heteroatoms. The zero-order valence-corrected chi connectivity index (χ0v) is 13.4. The summed E-state index contributed by atoms with van der Waals surface area (Å²) in [5, 5.41) is 14.3. The minimum Gasteiger partial charge on any atom is -0.311 e. The molecule has 1 aromatic rings. The Bertz CT molecular complexity index is 491. The van der Waals surface area contributed by atoms with E-state index in [9.17, 15) is 10.1 Å². The number of nitrogens with one attached hydrogen (secondary N) is 1. The Hall–Kier alpha value is -0.980. The zero-order chi connectivity index (χ0) is 14.7. The predicted octanol–water partition coefficient (Wildman–Crippen LogP) is 2.93. The molecular formula is C14H20BrN3O2. The van der Waals surface area contributed by atoms with Crippen molar-refractivity contribution in [3.63, 3.8) is 0 Å². The van der Waals surface area contributed by atoms with E-state index in [1.54, 1.807) is 18.2 Å². The van der Waals surface area contributed by atoms with Gasteiger partial charge in [0.25, 0.3) is 5.69 Å². The molecule has 0 aliphatic heterocycles. The average molecular weight is 342 g/mol. The topological polar surface area (TPSA) is 58.4 Å². The maximum Gasteiger partial charge on any atom is 0.273 e. The van der Waals surface area contributed by atoms with E-state index in [4.69, 9.17) is 0 Å². The van der Waals surface area contributed by atoms with Crippen LogP contribution in [0.4, 0.5) is 5.69 Å². The summed E-state index contributed by atoms with van der Waals surface area (Å²) < 4.78 is 0.864. The van der Waals surface area contributed by atoms with Crippen LogP contribution in [0.25, 0.3) is 0 Å². The quantitative estimate of drug-likeness (QED) is 0.611. The lowest BCUT2D eigenvalue weighted by Gasteiger charge is -2.24. The Kier molecular flexibility index (Phi) is 5.12. The van der Waals surface area contributed by atoms with Gasteiger partial charge in [-0.25, -0.2) is 0 Å². The lowest BCUT2D eigenvalue weighted by atomic mass is 10.1. The van der Waals surface area contributed by atoms with Crippen LogP contribution in [0.15, 0.2) is 22.7 Å². The molecule has 0 aromatic heterocycles. The minimum atomic E-state index is -0.330. The fourth-order valence-electron chi connectivity index (χ4n) is 2.28. The van der Waals surface area contributed by atoms with Crippen molar-refractivity contribution in [1.29, 1.82) is 0 Å². The molecule has 0 heterocycles. The van der Waals surface area contributed by atoms with Gasteiger partial charge < -0.3 is 5.32 Å². The van der Waals surface area contributed by atoms with E-state index < -0.39 is 0 Å². The van der Waals surface area contributed by atoms with Crippen molar-refractivity contribution in [2.75, 3.05) is 13.6 Å². The second kappa shape index (κ2) is 6.65. The molecule has 110 valence electrons. The number of nitro benzene ring substituents is 1. The van der Waals surface area contributed by atoms with Gasteiger partial charge in [0.05, 0.1) is 4.92 Å². The average Bonchev–Trinajstić information content (AvgIpc) is 3.21. The highest BCUT2D eigenvalue weighted by molar-refractivity contribution is 9.10. The third-order valence-corrected chi connectivity index (χ3v) is 4.30. The highest BCUT2D eigenvalue weighted by Gasteiger charge is 2.28. The molecule has 0 spiro atoms. The number of nitrogens with zero attached hydrogens (tertiary/aromatic N) is 2. The molecule has 20 heavy (non-hydrogen) atoms. The van der Waals surface area contributed by atoms with E-state index >= 15 is 0 Å². The molecule has 1 aliphatic carbocycles. The third-order valence-electron chi connectivity index (χ3n) is 3.81. The van der Waals surface area contributed by atoms with E-state index in [1.165, 1.54) is 12.8 Å². The van der Waals surface area contributed by atoms with Gasteiger partial charge in [0.15, 0.2) is 0 Å². The van der Waals surface area contributed by atoms with Gasteiger partial charge in [-0.15, -0.1) is 0 Å². The molecule has 1 atom stereocenters. The molecule has 2 rings (SSSR count). The molecule has 1 unspecified atom stereocenters. The molecule has 1 N–H and O–H groups in total. The Morgan fingerprint density at radius 1 is 1.55 bits per heavy atom. The summed E-state index contributed by atoms with van der Waals surface area (Å²) in [5.41, 5.74) is 0.884. The molecule has 5 nitrogen and oxygen atoms in total. The molecule has 0 amide bonds. The lowest BCUT2D eigenvalue weighted by molar-refractivity contribution is -0.385. The standard InChI is InChI=1S/C14H20BrN3O2/c1-10(17(2)13-4-5-13)8-16-9-11-7-12(15)3-6-14(11)18(19)20/h3,6-7,10,13,16H,4-5,8-9H2,1-2H3. The van der Waals surface area contributed by atoms with Crippen molar-refractivity contribution >= 4 is 21.6 Å². The van der Waals surface area contributed by atoms with Crippen LogP contribution in [-0.4, -0.2) is 35.5 Å². The van der Waals surface area contributed by atoms with Crippen LogP contribution in [0.3, 0.4) is 0 Å². The molecule has 0 saturated heterocycles. The molecule has 1 aromatic carbocycles. The van der Waals surface area contributed by atoms with Gasteiger partial charge >= 0.3 is 0 Å². The second-order valence-electron chi connectivity index (χ2n) is 5.41. The van der Waals surface area contributed by atoms with Crippen molar-refractivity contribution in [3.05, 3.63) is 38.3 Å². The maximum absolute atomic E-state index is 11.0. The molecule has 1 fully saturated rings. The van der Waals surface area contributed by atoms with Crippen LogP contribution in [0, 0.1) is 10.1 Å². The first-order valence-corrected chi connectivity index (χ1v) is 7.64. The fourth-order valence-corrected chi connectivity index (χ4v) is 2.68. The molecule has 1 aliphatic rings. The third kappa shape index (κ3) is 4.01. The Morgan fingerprint density at radius 2 is 2.25 bits per heavy atom. The summed E-state index contributed by atoms with van der Waals surface area (Å²) in [4.78, 5) is 13.0. The summed E-state index contributed by atoms with van der Waals surface area (Å²) in [7, 11) is 2.14. The van der Waals surface area contributed by atoms with E-state index in [0.717, 1.165) is 17.1 Å². The van der Waals surface area contributed by atoms with Gasteiger partial charge in [0.1, 0.15) is 0 Å². The number of nitro groups is 1. The molecular weight excluding hydrogens is 322 g/mol. The zero-order valence-electron chi connectivity index (χ0n) is 11.8. The van der Waals surface area contributed by atoms with Crippen LogP contribution in [0.2, 0.25) is 0 Å². The van der Waals surface area contributed by atoms with Crippen LogP contribution in [-0.2, 0) is 6.54 Å². The van der Waals surface area contributed by atoms with Crippen molar-refractivity contribution < 1.29 is 4.92 Å². The summed E-state index contributed by atoms with van der Waals surface area (Å²) in [5.74, 6) is 0. The highest BCUT2D eigenvalue weighted by Crippen LogP contribution is 2.27. The number of benzene rings is 1. The largest absolute Gasteiger partial charge is 0.311 e. The second-order valence-corrected chi connectivity index (χ2v) is 6.32. The number of halogens is 1. The van der Waals surface area contributed by atoms with Gasteiger partial charge in [-0.3, -0.25) is 15.0 Å². The number of hydrogen-bond acceptors (Lipinski definition) is 4. The van der Waals surface area contributed by atoms with Gasteiger partial charge in [-0.1, -0.05) is 15.9 Å². The van der Waals surface area contributed by atoms with Gasteiger partial charge in [0.2, 0.25) is 0 Å². The Labute approximate surface area is 127 Å². The van der Waals surface area contributed by atoms with E-state index in [1.807, 2.05) is 0 Å². The summed E-state index contributed by atoms with van der Waals surface area (Å²) in [6, 6.07) is 6.22. The smallest absolute Gasteiger partial charge is 0.273 e.